The van der Waals surface area contributed by atoms with Crippen LogP contribution in [0.4, 0.5) is 0 Å². The third-order valence-electron chi connectivity index (χ3n) is 8.21. The summed E-state index contributed by atoms with van der Waals surface area (Å²) in [7, 11) is 0. The topological polar surface area (TPSA) is 90.1 Å². The predicted octanol–water partition coefficient (Wildman–Crippen LogP) is 11.1. The maximum Gasteiger partial charge on any atom is 0.211 e. The van der Waals surface area contributed by atoms with Crippen molar-refractivity contribution in [1.29, 1.82) is 0 Å². The lowest BCUT2D eigenvalue weighted by Gasteiger charge is -2.06. The second kappa shape index (κ2) is 16.5. The van der Waals surface area contributed by atoms with Gasteiger partial charge in [-0.3, -0.25) is 14.0 Å². The predicted molar refractivity (Wildman–Crippen MR) is 218 cm³/mol. The molecule has 0 aliphatic heterocycles. The fraction of sp³-hybridized carbons (Fsp3) is 0. The fourth-order valence-corrected chi connectivity index (χ4v) is 6.54. The van der Waals surface area contributed by atoms with Crippen molar-refractivity contribution in [2.24, 2.45) is 0 Å². The van der Waals surface area contributed by atoms with E-state index >= 15 is 0 Å². The number of carbonyl (C=O) groups excluding carboxylic acids is 2. The van der Waals surface area contributed by atoms with Crippen molar-refractivity contribution in [3.8, 4) is 22.6 Å². The van der Waals surface area contributed by atoms with Gasteiger partial charge in [0.05, 0.1) is 11.2 Å². The van der Waals surface area contributed by atoms with E-state index in [0.717, 1.165) is 59.8 Å². The second-order valence-corrected chi connectivity index (χ2v) is 13.6. The summed E-state index contributed by atoms with van der Waals surface area (Å²) in [4.78, 5) is 40.4. The number of benzene rings is 4. The zero-order chi connectivity index (χ0) is 36.6. The molecule has 0 bridgehead atoms. The highest BCUT2D eigenvalue weighted by molar-refractivity contribution is 9.10. The molecule has 9 rings (SSSR count). The van der Waals surface area contributed by atoms with Gasteiger partial charge in [-0.25, -0.2) is 19.9 Å². The van der Waals surface area contributed by atoms with Gasteiger partial charge in [0, 0.05) is 54.4 Å². The molecular formula is C44H29Br2N5O2. The summed E-state index contributed by atoms with van der Waals surface area (Å²) in [6.07, 6.45) is 4.32. The Kier molecular flexibility index (Phi) is 10.9. The Hall–Kier alpha value is -6.16. The Labute approximate surface area is 322 Å². The van der Waals surface area contributed by atoms with E-state index in [-0.39, 0.29) is 5.78 Å². The van der Waals surface area contributed by atoms with Crippen LogP contribution in [-0.2, 0) is 0 Å². The summed E-state index contributed by atoms with van der Waals surface area (Å²) in [5.41, 5.74) is 7.44. The number of ketones is 1. The quantitative estimate of drug-likeness (QED) is 0.127. The van der Waals surface area contributed by atoms with E-state index in [0.29, 0.717) is 22.5 Å². The molecule has 0 atom stereocenters. The first-order valence-electron chi connectivity index (χ1n) is 16.6. The van der Waals surface area contributed by atoms with Gasteiger partial charge in [0.2, 0.25) is 5.78 Å². The fourth-order valence-electron chi connectivity index (χ4n) is 5.72. The van der Waals surface area contributed by atoms with Gasteiger partial charge < -0.3 is 0 Å². The number of aromatic nitrogens is 5. The molecule has 0 saturated carbocycles. The van der Waals surface area contributed by atoms with Crippen LogP contribution in [-0.4, -0.2) is 36.4 Å². The highest BCUT2D eigenvalue weighted by Gasteiger charge is 2.17. The maximum absolute atomic E-state index is 12.2. The lowest BCUT2D eigenvalue weighted by atomic mass is 10.1. The van der Waals surface area contributed by atoms with Crippen molar-refractivity contribution in [3.63, 3.8) is 0 Å². The van der Waals surface area contributed by atoms with Gasteiger partial charge in [-0.05, 0) is 72.8 Å². The van der Waals surface area contributed by atoms with E-state index in [9.17, 15) is 9.59 Å². The molecule has 0 aliphatic rings. The third-order valence-corrected chi connectivity index (χ3v) is 9.20. The van der Waals surface area contributed by atoms with E-state index < -0.39 is 0 Å². The van der Waals surface area contributed by atoms with Crippen LogP contribution in [0, 0.1) is 0 Å². The van der Waals surface area contributed by atoms with Gasteiger partial charge in [0.1, 0.15) is 23.5 Å². The second-order valence-electron chi connectivity index (χ2n) is 11.7. The zero-order valence-corrected chi connectivity index (χ0v) is 31.2. The van der Waals surface area contributed by atoms with Crippen LogP contribution < -0.4 is 0 Å². The van der Waals surface area contributed by atoms with Gasteiger partial charge in [0.25, 0.3) is 0 Å². The van der Waals surface area contributed by atoms with Gasteiger partial charge in [0.15, 0.2) is 5.65 Å². The molecule has 4 aromatic carbocycles. The summed E-state index contributed by atoms with van der Waals surface area (Å²) in [5.74, 6) is 0.813. The molecule has 0 aliphatic carbocycles. The van der Waals surface area contributed by atoms with E-state index in [1.807, 2.05) is 91.1 Å². The molecular weight excluding hydrogens is 790 g/mol. The molecule has 7 nitrogen and oxygen atoms in total. The van der Waals surface area contributed by atoms with Crippen LogP contribution in [0.15, 0.2) is 179 Å². The van der Waals surface area contributed by atoms with E-state index in [1.165, 1.54) is 0 Å². The first kappa shape index (κ1) is 35.3. The molecule has 256 valence electrons. The summed E-state index contributed by atoms with van der Waals surface area (Å²) < 4.78 is 4.12. The molecule has 53 heavy (non-hydrogen) atoms. The molecule has 0 unspecified atom stereocenters. The van der Waals surface area contributed by atoms with Crippen molar-refractivity contribution in [1.82, 2.24) is 24.3 Å². The molecule has 0 fully saturated rings. The first-order valence-corrected chi connectivity index (χ1v) is 18.2. The number of halogens is 2. The Bertz CT molecular complexity index is 2700. The first-order chi connectivity index (χ1) is 26.0. The number of nitrogens with zero attached hydrogens (tertiary/aromatic N) is 5. The van der Waals surface area contributed by atoms with Gasteiger partial charge in [-0.1, -0.05) is 117 Å². The number of rotatable bonds is 5. The Morgan fingerprint density at radius 3 is 1.96 bits per heavy atom. The van der Waals surface area contributed by atoms with Crippen LogP contribution in [0.3, 0.4) is 0 Å². The third kappa shape index (κ3) is 8.17. The number of hydrogen-bond donors (Lipinski definition) is 0. The Balaban J connectivity index is 0.000000139. The van der Waals surface area contributed by atoms with Crippen molar-refractivity contribution >= 4 is 71.5 Å². The molecule has 9 heteroatoms. The smallest absolute Gasteiger partial charge is 0.211 e. The lowest BCUT2D eigenvalue weighted by Crippen LogP contribution is -2.04. The lowest BCUT2D eigenvalue weighted by molar-refractivity contribution is 0.103. The maximum atomic E-state index is 12.2. The summed E-state index contributed by atoms with van der Waals surface area (Å²) in [5, 5.41) is 2.02. The monoisotopic (exact) mass is 817 g/mol. The number of carbonyl (C=O) groups is 2. The van der Waals surface area contributed by atoms with Crippen molar-refractivity contribution in [2.45, 2.75) is 0 Å². The van der Waals surface area contributed by atoms with E-state index in [2.05, 4.69) is 93.7 Å². The molecule has 5 aromatic heterocycles. The minimum atomic E-state index is -0.0804. The summed E-state index contributed by atoms with van der Waals surface area (Å²) in [6.45, 7) is 0. The highest BCUT2D eigenvalue weighted by Crippen LogP contribution is 2.33. The van der Waals surface area contributed by atoms with Crippen LogP contribution in [0.2, 0.25) is 0 Å². The minimum absolute atomic E-state index is 0.0804. The Morgan fingerprint density at radius 2 is 1.25 bits per heavy atom. The standard InChI is InChI=1S/C22H14BrN3.C15H10N2O.C7H5BrO/c23-18-10-4-8-17(14-18)22-25-20(15-6-2-1-3-7-15)19-12-11-16-9-5-13-24-21(16)26(19)22;18-14(11-5-2-1-3-6-11)13-9-8-12-7-4-10-16-15(12)17-13;8-7-3-1-2-6(4-7)5-9/h1-14H;1-10H;1-5H. The highest BCUT2D eigenvalue weighted by atomic mass is 79.9. The zero-order valence-electron chi connectivity index (χ0n) is 28.1. The van der Waals surface area contributed by atoms with Crippen LogP contribution in [0.1, 0.15) is 26.4 Å². The largest absolute Gasteiger partial charge is 0.298 e. The van der Waals surface area contributed by atoms with Gasteiger partial charge in [-0.2, -0.15) is 0 Å². The summed E-state index contributed by atoms with van der Waals surface area (Å²) in [6, 6.07) is 50.5. The van der Waals surface area contributed by atoms with E-state index in [1.54, 1.807) is 36.5 Å². The van der Waals surface area contributed by atoms with Crippen molar-refractivity contribution in [3.05, 3.63) is 196 Å². The normalized spacial score (nSPS) is 10.6. The molecule has 0 saturated heterocycles. The van der Waals surface area contributed by atoms with Crippen LogP contribution in [0.25, 0.3) is 50.2 Å². The molecule has 0 N–H and O–H groups in total. The van der Waals surface area contributed by atoms with Gasteiger partial charge >= 0.3 is 0 Å². The number of pyridine rings is 4. The van der Waals surface area contributed by atoms with Crippen LogP contribution in [0.5, 0.6) is 0 Å². The molecule has 0 spiro atoms. The van der Waals surface area contributed by atoms with Crippen molar-refractivity contribution < 1.29 is 9.59 Å². The van der Waals surface area contributed by atoms with Crippen LogP contribution >= 0.6 is 31.9 Å². The average molecular weight is 820 g/mol. The molecule has 9 aromatic rings. The summed E-state index contributed by atoms with van der Waals surface area (Å²) >= 11 is 6.82. The van der Waals surface area contributed by atoms with E-state index in [4.69, 9.17) is 4.98 Å². The minimum Gasteiger partial charge on any atom is -0.298 e. The number of hydrogen-bond acceptors (Lipinski definition) is 6. The number of imidazole rings is 1. The average Bonchev–Trinajstić information content (AvgIpc) is 3.62. The molecule has 0 amide bonds. The Morgan fingerprint density at radius 1 is 0.585 bits per heavy atom. The number of aldehydes is 1. The number of fused-ring (bicyclic) bond motifs is 4. The SMILES string of the molecule is Brc1cccc(-c2nc(-c3ccccc3)c3ccc4cccnc4n23)c1.O=C(c1ccccc1)c1ccc2cccnc2n1.O=Cc1cccc(Br)c1. The molecule has 5 heterocycles. The van der Waals surface area contributed by atoms with Crippen molar-refractivity contribution in [2.75, 3.05) is 0 Å². The van der Waals surface area contributed by atoms with Gasteiger partial charge in [-0.15, -0.1) is 0 Å². The molecule has 0 radical (unpaired) electrons.